The zero-order chi connectivity index (χ0) is 72.9. The molecule has 21 aliphatic rings. The van der Waals surface area contributed by atoms with E-state index in [2.05, 4.69) is 10.3 Å². The van der Waals surface area contributed by atoms with Crippen LogP contribution in [0.25, 0.3) is 16.6 Å². The van der Waals surface area contributed by atoms with Crippen LogP contribution in [0.1, 0.15) is 26.4 Å². The zero-order valence-electron chi connectivity index (χ0n) is 53.5. The number of pyridine rings is 2. The molecule has 3 aromatic heterocycles. The van der Waals surface area contributed by atoms with Crippen LogP contribution in [0.15, 0.2) is 79.3 Å². The first-order valence-electron chi connectivity index (χ1n) is 32.7. The summed E-state index contributed by atoms with van der Waals surface area (Å²) >= 11 is 0. The molecule has 0 radical (unpaired) electrons. The standard InChI is InChI=1S/C63H83N3O36/c67-15-28-50-37(76)44(83)59(91-28)99-52-30(17-69)93-61(46(85)39(52)78)101-54-32(19-71)95-63(48(87)41(54)80)102-55-33(20-72)94-62(47(86)40(55)79)100-53-31(18-70)92-60(45(84)38(53)77)98-51-29(16-68)90-58(43(82)36(51)75)96-49-27(89-57(97-50)42(81)35(49)74)14-65-56(88)24-13-26(34(73)22-4-2-1-3-5-22)66-11-8-23(12-25(24)66)21-6-9-64-10-7-21/h1-13,27-33,35-55,57-63,67-72,74-87H,14-20H2,(H,65,88)/t27-,28-,29-,30-,31-,32-,33-,35-,36-,37-,38-,39-,40-,41-,42-,43-,44-,45-,46-,47-,48-,49-,50-,51-,52-,53-,54-,55-,57-,58-,59-,60-,61-,62-,63-/m1/s1. The van der Waals surface area contributed by atoms with Crippen LogP contribution in [-0.4, -0.2) is 384 Å². The lowest BCUT2D eigenvalue weighted by molar-refractivity contribution is -0.396. The number of ether oxygens (including phenoxy) is 14. The monoisotopic (exact) mass is 1460 g/mol. The van der Waals surface area contributed by atoms with Crippen molar-refractivity contribution in [1.29, 1.82) is 0 Å². The maximum atomic E-state index is 14.8. The van der Waals surface area contributed by atoms with Gasteiger partial charge in [-0.05, 0) is 41.5 Å². The van der Waals surface area contributed by atoms with Gasteiger partial charge in [0.15, 0.2) is 44.0 Å². The molecule has 21 saturated heterocycles. The normalized spacial score (nSPS) is 44.6. The predicted octanol–water partition coefficient (Wildman–Crippen LogP) is -11.2. The molecule has 14 bridgehead atoms. The van der Waals surface area contributed by atoms with Gasteiger partial charge in [0.1, 0.15) is 171 Å². The van der Waals surface area contributed by atoms with E-state index in [1.807, 2.05) is 0 Å². The summed E-state index contributed by atoms with van der Waals surface area (Å²) in [5, 5.41) is 230. The lowest BCUT2D eigenvalue weighted by atomic mass is 9.95. The second-order valence-corrected chi connectivity index (χ2v) is 25.7. The number of carbonyl (C=O) groups is 2. The van der Waals surface area contributed by atoms with E-state index < -0.39 is 273 Å². The fourth-order valence-corrected chi connectivity index (χ4v) is 13.7. The van der Waals surface area contributed by atoms with Crippen LogP contribution in [0.2, 0.25) is 0 Å². The van der Waals surface area contributed by atoms with Gasteiger partial charge < -0.3 is 178 Å². The van der Waals surface area contributed by atoms with Crippen molar-refractivity contribution in [2.75, 3.05) is 46.2 Å². The molecule has 21 aliphatic heterocycles. The third-order valence-electron chi connectivity index (χ3n) is 19.4. The number of carbonyl (C=O) groups excluding carboxylic acids is 2. The molecule has 4 aromatic rings. The highest BCUT2D eigenvalue weighted by molar-refractivity contribution is 6.12. The SMILES string of the molecule is O=C(NC[C@H]1O[C@@H]2O[C@H]3[C@H](O)[C@@H](O)[C@@H](O[C@H]4[C@H](O)[C@@H](O)[C@@H](O[C@H]5[C@H](O)[C@@H](O)[C@@H](O[C@H]6[C@H](O)[C@@H](O)[C@@H](O[C@H]7[C@H](O)[C@@H](O)[C@@H](O[C@H]8[C@H](O)[C@@H](O)[C@@H](O[C@H]1[C@H](O)[C@H]2O)O[C@@H]8CO)O[C@@H]7CO)O[C@@H]6CO)O[C@@H]5CO)O[C@@H]4CO)O[C@@H]3CO)c1cc(C(=O)c2ccccc2)n2ccc(-c3ccncc3)cc12. The van der Waals surface area contributed by atoms with Gasteiger partial charge in [-0.2, -0.15) is 0 Å². The molecule has 1 aromatic carbocycles. The molecule has 39 nitrogen and oxygen atoms in total. The van der Waals surface area contributed by atoms with E-state index in [4.69, 9.17) is 66.3 Å². The van der Waals surface area contributed by atoms with E-state index in [0.29, 0.717) is 11.1 Å². The van der Waals surface area contributed by atoms with Crippen molar-refractivity contribution in [3.63, 3.8) is 0 Å². The number of hydrogen-bond acceptors (Lipinski definition) is 37. The fraction of sp³-hybridized carbons (Fsp3) is 0.667. The molecule has 102 heavy (non-hydrogen) atoms. The second-order valence-electron chi connectivity index (χ2n) is 25.7. The number of aromatic nitrogens is 2. The van der Waals surface area contributed by atoms with Crippen LogP contribution >= 0.6 is 0 Å². The summed E-state index contributed by atoms with van der Waals surface area (Å²) in [6, 6.07) is 16.2. The van der Waals surface area contributed by atoms with Crippen molar-refractivity contribution in [3.05, 3.63) is 96.1 Å². The van der Waals surface area contributed by atoms with Crippen LogP contribution in [0.4, 0.5) is 0 Å². The molecule has 0 unspecified atom stereocenters. The van der Waals surface area contributed by atoms with E-state index in [1.165, 1.54) is 10.5 Å². The maximum Gasteiger partial charge on any atom is 0.253 e. The summed E-state index contributed by atoms with van der Waals surface area (Å²) in [7, 11) is 0. The summed E-state index contributed by atoms with van der Waals surface area (Å²) in [5.74, 6) is -1.39. The number of aliphatic hydroxyl groups is 20. The van der Waals surface area contributed by atoms with Gasteiger partial charge in [-0.25, -0.2) is 0 Å². The minimum Gasteiger partial charge on any atom is -0.394 e. The van der Waals surface area contributed by atoms with E-state index >= 15 is 0 Å². The maximum absolute atomic E-state index is 14.8. The Kier molecular flexibility index (Phi) is 24.4. The number of hydrogen-bond donors (Lipinski definition) is 21. The second kappa shape index (κ2) is 32.6. The van der Waals surface area contributed by atoms with E-state index in [-0.39, 0.29) is 22.3 Å². The third-order valence-corrected chi connectivity index (χ3v) is 19.4. The first-order chi connectivity index (χ1) is 48.9. The number of nitrogens with one attached hydrogen (secondary N) is 1. The molecule has 0 saturated carbocycles. The Hall–Kier alpha value is -5.09. The van der Waals surface area contributed by atoms with Gasteiger partial charge in [0.2, 0.25) is 5.78 Å². The molecule has 35 atom stereocenters. The van der Waals surface area contributed by atoms with Gasteiger partial charge in [0, 0.05) is 30.7 Å². The highest BCUT2D eigenvalue weighted by atomic mass is 16.8. The topological polar surface area (TPSA) is 597 Å². The lowest BCUT2D eigenvalue weighted by Gasteiger charge is -2.50. The first-order valence-corrected chi connectivity index (χ1v) is 32.7. The number of aliphatic hydroxyl groups excluding tert-OH is 20. The Morgan fingerprint density at radius 1 is 0.353 bits per heavy atom. The molecule has 0 aliphatic carbocycles. The van der Waals surface area contributed by atoms with Crippen molar-refractivity contribution in [2.24, 2.45) is 0 Å². The Labute approximate surface area is 576 Å². The summed E-state index contributed by atoms with van der Waals surface area (Å²) in [5.41, 5.74) is 1.67. The zero-order valence-corrected chi connectivity index (χ0v) is 53.5. The summed E-state index contributed by atoms with van der Waals surface area (Å²) in [6.07, 6.45) is -68.3. The molecule has 39 heteroatoms. The number of rotatable bonds is 12. The van der Waals surface area contributed by atoms with Crippen LogP contribution in [0.3, 0.4) is 0 Å². The van der Waals surface area contributed by atoms with E-state index in [1.54, 1.807) is 73.2 Å². The molecule has 0 spiro atoms. The Balaban J connectivity index is 0.860. The number of amides is 1. The van der Waals surface area contributed by atoms with Crippen LogP contribution in [-0.2, 0) is 66.3 Å². The Bertz CT molecular complexity index is 3390. The van der Waals surface area contributed by atoms with Gasteiger partial charge in [0.05, 0.1) is 56.4 Å². The van der Waals surface area contributed by atoms with Crippen molar-refractivity contribution in [2.45, 2.75) is 215 Å². The van der Waals surface area contributed by atoms with Gasteiger partial charge in [-0.3, -0.25) is 14.6 Å². The van der Waals surface area contributed by atoms with Crippen LogP contribution in [0.5, 0.6) is 0 Å². The van der Waals surface area contributed by atoms with E-state index in [9.17, 15) is 112 Å². The first kappa shape index (κ1) is 76.6. The van der Waals surface area contributed by atoms with Crippen LogP contribution < -0.4 is 5.32 Å². The summed E-state index contributed by atoms with van der Waals surface area (Å²) in [6.45, 7) is -7.34. The average molecular weight is 1460 g/mol. The number of benzene rings is 1. The third kappa shape index (κ3) is 14.9. The highest BCUT2D eigenvalue weighted by Gasteiger charge is 2.60. The molecular weight excluding hydrogens is 1370 g/mol. The van der Waals surface area contributed by atoms with Gasteiger partial charge >= 0.3 is 0 Å². The molecule has 566 valence electrons. The van der Waals surface area contributed by atoms with Crippen molar-refractivity contribution >= 4 is 17.2 Å². The van der Waals surface area contributed by atoms with Gasteiger partial charge in [0.25, 0.3) is 5.91 Å². The predicted molar refractivity (Wildman–Crippen MR) is 324 cm³/mol. The minimum atomic E-state index is -2.34. The van der Waals surface area contributed by atoms with Crippen molar-refractivity contribution in [1.82, 2.24) is 14.7 Å². The number of fused-ring (bicyclic) bond motifs is 1. The molecule has 1 amide bonds. The Morgan fingerprint density at radius 2 is 0.647 bits per heavy atom. The van der Waals surface area contributed by atoms with Crippen molar-refractivity contribution < 1.29 is 178 Å². The molecule has 25 rings (SSSR count). The smallest absolute Gasteiger partial charge is 0.253 e. The number of ketones is 1. The number of nitrogens with zero attached hydrogens (tertiary/aromatic N) is 2. The Morgan fingerprint density at radius 3 is 0.951 bits per heavy atom. The summed E-state index contributed by atoms with van der Waals surface area (Å²) < 4.78 is 83.6. The lowest BCUT2D eigenvalue weighted by Crippen LogP contribution is -2.68. The molecular formula is C63H83N3O36. The molecule has 21 N–H and O–H groups in total. The largest absolute Gasteiger partial charge is 0.394 e. The molecule has 21 fully saturated rings. The fourth-order valence-electron chi connectivity index (χ4n) is 13.7. The highest BCUT2D eigenvalue weighted by Crippen LogP contribution is 2.40. The summed E-state index contributed by atoms with van der Waals surface area (Å²) in [4.78, 5) is 33.0. The van der Waals surface area contributed by atoms with Gasteiger partial charge in [-0.1, -0.05) is 30.3 Å². The van der Waals surface area contributed by atoms with E-state index in [0.717, 1.165) is 0 Å². The van der Waals surface area contributed by atoms with Crippen molar-refractivity contribution in [3.8, 4) is 11.1 Å². The van der Waals surface area contributed by atoms with Gasteiger partial charge in [-0.15, -0.1) is 0 Å². The molecule has 24 heterocycles. The van der Waals surface area contributed by atoms with Crippen LogP contribution in [0, 0.1) is 0 Å². The quantitative estimate of drug-likeness (QED) is 0.0586. The minimum absolute atomic E-state index is 0.0393. The average Bonchev–Trinajstić information content (AvgIpc) is 0.889.